The average molecular weight is 398 g/mol. The number of nitrogens with zero attached hydrogens (tertiary/aromatic N) is 4. The summed E-state index contributed by atoms with van der Waals surface area (Å²) in [5, 5.41) is 19.6. The molecule has 0 atom stereocenters. The Labute approximate surface area is 164 Å². The highest BCUT2D eigenvalue weighted by Crippen LogP contribution is 2.30. The predicted octanol–water partition coefficient (Wildman–Crippen LogP) is 4.20. The van der Waals surface area contributed by atoms with E-state index >= 15 is 0 Å². The molecular formula is C18H14N4O3S2. The Morgan fingerprint density at radius 3 is 2.85 bits per heavy atom. The van der Waals surface area contributed by atoms with Gasteiger partial charge in [-0.15, -0.1) is 17.9 Å². The molecule has 136 valence electrons. The third kappa shape index (κ3) is 3.97. The predicted molar refractivity (Wildman–Crippen MR) is 107 cm³/mol. The van der Waals surface area contributed by atoms with Gasteiger partial charge in [-0.25, -0.2) is 4.99 Å². The second-order valence-corrected chi connectivity index (χ2v) is 6.90. The van der Waals surface area contributed by atoms with Crippen molar-refractivity contribution in [2.24, 2.45) is 9.98 Å². The number of allylic oxidation sites excluding steroid dienone is 1. The summed E-state index contributed by atoms with van der Waals surface area (Å²) in [7, 11) is 1.57. The topological polar surface area (TPSA) is 92.1 Å². The lowest BCUT2D eigenvalue weighted by Crippen LogP contribution is -2.07. The standard InChI is InChI=1S/C18H14N4O3S2/c1-3-8-22-17(23)14(27-18(22)26)9-15-21-13(10-19)16(25-15)20-11-4-6-12(24-2)7-5-11/h3-7,9,23H,1,8H2,2H3/b15-9+,20-16?. The van der Waals surface area contributed by atoms with Crippen molar-refractivity contribution in [3.63, 3.8) is 0 Å². The van der Waals surface area contributed by atoms with E-state index in [0.717, 1.165) is 0 Å². The van der Waals surface area contributed by atoms with Gasteiger partial charge in [-0.1, -0.05) is 6.08 Å². The number of hydrogen-bond donors (Lipinski definition) is 1. The largest absolute Gasteiger partial charge is 0.497 e. The van der Waals surface area contributed by atoms with E-state index in [9.17, 15) is 10.4 Å². The molecule has 0 unspecified atom stereocenters. The quantitative estimate of drug-likeness (QED) is 0.602. The molecular weight excluding hydrogens is 384 g/mol. The van der Waals surface area contributed by atoms with Crippen molar-refractivity contribution in [2.45, 2.75) is 6.54 Å². The molecule has 9 heteroatoms. The molecule has 2 aromatic rings. The van der Waals surface area contributed by atoms with Crippen molar-refractivity contribution < 1.29 is 14.6 Å². The molecule has 27 heavy (non-hydrogen) atoms. The number of thiazole rings is 1. The zero-order valence-electron chi connectivity index (χ0n) is 14.2. The highest BCUT2D eigenvalue weighted by atomic mass is 32.1. The Bertz CT molecular complexity index is 1070. The zero-order valence-corrected chi connectivity index (χ0v) is 15.9. The molecule has 1 aliphatic heterocycles. The first-order valence-electron chi connectivity index (χ1n) is 7.70. The molecule has 1 N–H and O–H groups in total. The lowest BCUT2D eigenvalue weighted by Gasteiger charge is -2.01. The van der Waals surface area contributed by atoms with E-state index in [1.165, 1.54) is 22.0 Å². The Balaban J connectivity index is 1.91. The molecule has 7 nitrogen and oxygen atoms in total. The van der Waals surface area contributed by atoms with Crippen LogP contribution in [0.15, 0.2) is 52.8 Å². The van der Waals surface area contributed by atoms with Crippen LogP contribution in [-0.2, 0) is 11.3 Å². The number of aliphatic imine (C=N–C) groups is 2. The summed E-state index contributed by atoms with van der Waals surface area (Å²) in [5.41, 5.74) is 0.635. The maximum Gasteiger partial charge on any atom is 0.258 e. The van der Waals surface area contributed by atoms with Crippen molar-refractivity contribution >= 4 is 46.9 Å². The van der Waals surface area contributed by atoms with Crippen LogP contribution in [0.25, 0.3) is 6.08 Å². The molecule has 2 heterocycles. The summed E-state index contributed by atoms with van der Waals surface area (Å²) in [6.45, 7) is 4.03. The minimum Gasteiger partial charge on any atom is -0.497 e. The second kappa shape index (κ2) is 7.99. The summed E-state index contributed by atoms with van der Waals surface area (Å²) in [4.78, 5) is 8.88. The number of aromatic nitrogens is 1. The van der Waals surface area contributed by atoms with Crippen LogP contribution in [-0.4, -0.2) is 28.4 Å². The van der Waals surface area contributed by atoms with Crippen molar-refractivity contribution in [3.05, 3.63) is 51.6 Å². The summed E-state index contributed by atoms with van der Waals surface area (Å²) in [5.74, 6) is 0.927. The van der Waals surface area contributed by atoms with Crippen LogP contribution in [0.1, 0.15) is 4.88 Å². The number of ether oxygens (including phenoxy) is 2. The first-order chi connectivity index (χ1) is 13.0. The SMILES string of the molecule is C=CCn1c(O)c(/C=C2\N=C(C#N)C(=Nc3ccc(OC)cc3)O2)sc1=S. The molecule has 0 radical (unpaired) electrons. The molecule has 1 aliphatic rings. The van der Waals surface area contributed by atoms with Crippen molar-refractivity contribution in [1.82, 2.24) is 4.57 Å². The van der Waals surface area contributed by atoms with E-state index in [0.29, 0.717) is 26.8 Å². The second-order valence-electron chi connectivity index (χ2n) is 5.23. The molecule has 0 saturated heterocycles. The number of methoxy groups -OCH3 is 1. The summed E-state index contributed by atoms with van der Waals surface area (Å²) >= 11 is 6.43. The van der Waals surface area contributed by atoms with Gasteiger partial charge in [-0.2, -0.15) is 10.3 Å². The van der Waals surface area contributed by atoms with Gasteiger partial charge in [0.05, 0.1) is 17.7 Å². The molecule has 0 saturated carbocycles. The minimum absolute atomic E-state index is 0.00440. The number of aromatic hydroxyl groups is 1. The molecule has 1 aromatic carbocycles. The fourth-order valence-corrected chi connectivity index (χ4v) is 3.47. The summed E-state index contributed by atoms with van der Waals surface area (Å²) < 4.78 is 12.7. The molecule has 0 bridgehead atoms. The van der Waals surface area contributed by atoms with Gasteiger partial charge in [0.15, 0.2) is 3.95 Å². The number of rotatable bonds is 5. The Hall–Kier alpha value is -3.22. The fourth-order valence-electron chi connectivity index (χ4n) is 2.22. The molecule has 0 spiro atoms. The summed E-state index contributed by atoms with van der Waals surface area (Å²) in [6.07, 6.45) is 3.15. The van der Waals surface area contributed by atoms with Crippen LogP contribution in [0, 0.1) is 15.3 Å². The lowest BCUT2D eigenvalue weighted by molar-refractivity contribution is 0.415. The van der Waals surface area contributed by atoms with Gasteiger partial charge in [-0.3, -0.25) is 4.57 Å². The van der Waals surface area contributed by atoms with Crippen molar-refractivity contribution in [2.75, 3.05) is 7.11 Å². The molecule has 0 aliphatic carbocycles. The van der Waals surface area contributed by atoms with E-state index in [1.807, 2.05) is 6.07 Å². The number of benzene rings is 1. The van der Waals surface area contributed by atoms with Crippen molar-refractivity contribution in [1.29, 1.82) is 5.26 Å². The Kier molecular flexibility index (Phi) is 5.49. The van der Waals surface area contributed by atoms with Gasteiger partial charge in [0.2, 0.25) is 17.5 Å². The normalized spacial score (nSPS) is 16.1. The van der Waals surface area contributed by atoms with E-state index in [1.54, 1.807) is 37.5 Å². The Morgan fingerprint density at radius 2 is 2.22 bits per heavy atom. The van der Waals surface area contributed by atoms with Gasteiger partial charge in [-0.05, 0) is 36.5 Å². The molecule has 0 amide bonds. The molecule has 3 rings (SSSR count). The van der Waals surface area contributed by atoms with Crippen LogP contribution in [0.4, 0.5) is 5.69 Å². The van der Waals surface area contributed by atoms with E-state index in [2.05, 4.69) is 16.6 Å². The highest BCUT2D eigenvalue weighted by Gasteiger charge is 2.23. The summed E-state index contributed by atoms with van der Waals surface area (Å²) in [6, 6.07) is 8.93. The van der Waals surface area contributed by atoms with Crippen LogP contribution in [0.5, 0.6) is 11.6 Å². The third-order valence-electron chi connectivity index (χ3n) is 3.49. The maximum atomic E-state index is 10.3. The van der Waals surface area contributed by atoms with Crippen LogP contribution in [0.2, 0.25) is 0 Å². The lowest BCUT2D eigenvalue weighted by atomic mass is 10.3. The fraction of sp³-hybridized carbons (Fsp3) is 0.111. The first kappa shape index (κ1) is 18.6. The number of nitriles is 1. The minimum atomic E-state index is -0.00440. The smallest absolute Gasteiger partial charge is 0.258 e. The molecule has 0 fully saturated rings. The third-order valence-corrected chi connectivity index (χ3v) is 4.88. The zero-order chi connectivity index (χ0) is 19.4. The van der Waals surface area contributed by atoms with Gasteiger partial charge in [0.25, 0.3) is 5.90 Å². The van der Waals surface area contributed by atoms with Gasteiger partial charge >= 0.3 is 0 Å². The van der Waals surface area contributed by atoms with E-state index < -0.39 is 0 Å². The first-order valence-corrected chi connectivity index (χ1v) is 8.93. The van der Waals surface area contributed by atoms with E-state index in [-0.39, 0.29) is 23.4 Å². The van der Waals surface area contributed by atoms with E-state index in [4.69, 9.17) is 21.7 Å². The van der Waals surface area contributed by atoms with Gasteiger partial charge in [0.1, 0.15) is 11.8 Å². The maximum absolute atomic E-state index is 10.3. The monoisotopic (exact) mass is 398 g/mol. The molecule has 1 aromatic heterocycles. The van der Waals surface area contributed by atoms with Crippen LogP contribution < -0.4 is 4.74 Å². The van der Waals surface area contributed by atoms with Crippen LogP contribution >= 0.6 is 23.6 Å². The van der Waals surface area contributed by atoms with Crippen molar-refractivity contribution in [3.8, 4) is 17.7 Å². The van der Waals surface area contributed by atoms with Crippen LogP contribution in [0.3, 0.4) is 0 Å². The highest BCUT2D eigenvalue weighted by molar-refractivity contribution is 7.73. The number of hydrogen-bond acceptors (Lipinski definition) is 8. The Morgan fingerprint density at radius 1 is 1.48 bits per heavy atom. The van der Waals surface area contributed by atoms with Gasteiger partial charge in [0, 0.05) is 12.6 Å². The average Bonchev–Trinajstić information content (AvgIpc) is 3.18. The van der Waals surface area contributed by atoms with Gasteiger partial charge < -0.3 is 14.6 Å².